The summed E-state index contributed by atoms with van der Waals surface area (Å²) in [4.78, 5) is 4.39. The van der Waals surface area contributed by atoms with Crippen molar-refractivity contribution in [3.63, 3.8) is 0 Å². The lowest BCUT2D eigenvalue weighted by Gasteiger charge is -2.11. The highest BCUT2D eigenvalue weighted by atomic mass is 19.1. The molecule has 0 spiro atoms. The van der Waals surface area contributed by atoms with Crippen LogP contribution in [-0.2, 0) is 11.3 Å². The van der Waals surface area contributed by atoms with Gasteiger partial charge in [-0.25, -0.2) is 9.38 Å². The van der Waals surface area contributed by atoms with E-state index in [1.807, 2.05) is 13.0 Å². The second-order valence-electron chi connectivity index (χ2n) is 5.23. The highest BCUT2D eigenvalue weighted by molar-refractivity contribution is 5.79. The van der Waals surface area contributed by atoms with Crippen molar-refractivity contribution < 1.29 is 9.13 Å². The third-order valence-corrected chi connectivity index (χ3v) is 3.30. The summed E-state index contributed by atoms with van der Waals surface area (Å²) in [6.45, 7) is 5.34. The van der Waals surface area contributed by atoms with Crippen molar-refractivity contribution >= 4 is 5.96 Å². The first-order chi connectivity index (χ1) is 10.3. The Bertz CT molecular complexity index is 461. The maximum Gasteiger partial charge on any atom is 0.191 e. The Morgan fingerprint density at radius 3 is 2.86 bits per heavy atom. The summed E-state index contributed by atoms with van der Waals surface area (Å²) in [5.74, 6) is 1.26. The number of hydrogen-bond donors (Lipinski definition) is 2. The number of rotatable bonds is 8. The first-order valence-electron chi connectivity index (χ1n) is 7.63. The van der Waals surface area contributed by atoms with E-state index in [9.17, 15) is 4.39 Å². The van der Waals surface area contributed by atoms with Crippen LogP contribution in [0.1, 0.15) is 25.3 Å². The Morgan fingerprint density at radius 2 is 2.14 bits per heavy atom. The first kappa shape index (κ1) is 15.8. The summed E-state index contributed by atoms with van der Waals surface area (Å²) >= 11 is 0. The number of hydrogen-bond acceptors (Lipinski definition) is 2. The number of ether oxygens (including phenoxy) is 1. The molecule has 2 N–H and O–H groups in total. The summed E-state index contributed by atoms with van der Waals surface area (Å²) in [5, 5.41) is 6.34. The monoisotopic (exact) mass is 293 g/mol. The van der Waals surface area contributed by atoms with E-state index < -0.39 is 0 Å². The molecule has 1 aromatic carbocycles. The molecule has 0 amide bonds. The molecule has 0 atom stereocenters. The van der Waals surface area contributed by atoms with Crippen molar-refractivity contribution in [1.29, 1.82) is 0 Å². The van der Waals surface area contributed by atoms with Gasteiger partial charge in [-0.15, -0.1) is 0 Å². The van der Waals surface area contributed by atoms with Gasteiger partial charge in [0.25, 0.3) is 0 Å². The average molecular weight is 293 g/mol. The quantitative estimate of drug-likeness (QED) is 0.439. The Labute approximate surface area is 125 Å². The van der Waals surface area contributed by atoms with Crippen LogP contribution in [-0.4, -0.2) is 32.3 Å². The first-order valence-corrected chi connectivity index (χ1v) is 7.63. The van der Waals surface area contributed by atoms with Crippen LogP contribution in [0.25, 0.3) is 0 Å². The molecule has 5 heteroatoms. The minimum absolute atomic E-state index is 0.218. The average Bonchev–Trinajstić information content (AvgIpc) is 3.30. The van der Waals surface area contributed by atoms with Gasteiger partial charge in [-0.1, -0.05) is 18.2 Å². The Balaban J connectivity index is 1.73. The Morgan fingerprint density at radius 1 is 1.33 bits per heavy atom. The van der Waals surface area contributed by atoms with E-state index in [0.29, 0.717) is 31.2 Å². The number of halogens is 1. The van der Waals surface area contributed by atoms with Gasteiger partial charge in [0.1, 0.15) is 5.82 Å². The molecule has 116 valence electrons. The maximum absolute atomic E-state index is 13.5. The van der Waals surface area contributed by atoms with Crippen LogP contribution >= 0.6 is 0 Å². The van der Waals surface area contributed by atoms with Gasteiger partial charge in [-0.05, 0) is 31.7 Å². The number of benzene rings is 1. The molecule has 2 rings (SSSR count). The number of guanidine groups is 1. The molecule has 0 radical (unpaired) electrons. The fraction of sp³-hybridized carbons (Fsp3) is 0.562. The number of aliphatic imine (C=N–C) groups is 1. The Kier molecular flexibility index (Phi) is 6.47. The van der Waals surface area contributed by atoms with E-state index in [4.69, 9.17) is 4.74 Å². The van der Waals surface area contributed by atoms with E-state index in [1.165, 1.54) is 18.9 Å². The fourth-order valence-corrected chi connectivity index (χ4v) is 1.91. The Hall–Kier alpha value is -1.62. The molecule has 0 aromatic heterocycles. The largest absolute Gasteiger partial charge is 0.379 e. The zero-order valence-corrected chi connectivity index (χ0v) is 12.6. The molecule has 1 fully saturated rings. The molecule has 0 unspecified atom stereocenters. The summed E-state index contributed by atoms with van der Waals surface area (Å²) < 4.78 is 19.1. The normalized spacial score (nSPS) is 15.0. The van der Waals surface area contributed by atoms with Crippen LogP contribution in [0.2, 0.25) is 0 Å². The van der Waals surface area contributed by atoms with Gasteiger partial charge in [0.05, 0.1) is 13.2 Å². The summed E-state index contributed by atoms with van der Waals surface area (Å²) in [6, 6.07) is 6.71. The SMILES string of the molecule is CCNC(=NCc1ccccc1F)NCCOCC1CC1. The van der Waals surface area contributed by atoms with E-state index in [2.05, 4.69) is 15.6 Å². The van der Waals surface area contributed by atoms with Gasteiger partial charge in [-0.2, -0.15) is 0 Å². The lowest BCUT2D eigenvalue weighted by atomic mass is 10.2. The number of nitrogens with zero attached hydrogens (tertiary/aromatic N) is 1. The van der Waals surface area contributed by atoms with Crippen molar-refractivity contribution in [1.82, 2.24) is 10.6 Å². The molecule has 21 heavy (non-hydrogen) atoms. The molecule has 0 aliphatic heterocycles. The molecule has 1 aliphatic carbocycles. The molecule has 0 bridgehead atoms. The van der Waals surface area contributed by atoms with E-state index >= 15 is 0 Å². The van der Waals surface area contributed by atoms with Crippen molar-refractivity contribution in [2.24, 2.45) is 10.9 Å². The molecule has 0 saturated heterocycles. The van der Waals surface area contributed by atoms with Gasteiger partial charge in [0, 0.05) is 25.3 Å². The van der Waals surface area contributed by atoms with Gasteiger partial charge < -0.3 is 15.4 Å². The van der Waals surface area contributed by atoms with Crippen LogP contribution in [0.15, 0.2) is 29.3 Å². The summed E-state index contributed by atoms with van der Waals surface area (Å²) in [6.07, 6.45) is 2.61. The van der Waals surface area contributed by atoms with Crippen molar-refractivity contribution in [2.75, 3.05) is 26.3 Å². The zero-order chi connectivity index (χ0) is 14.9. The van der Waals surface area contributed by atoms with Gasteiger partial charge in [0.15, 0.2) is 5.96 Å². The minimum atomic E-state index is -0.218. The molecule has 4 nitrogen and oxygen atoms in total. The van der Waals surface area contributed by atoms with Gasteiger partial charge in [-0.3, -0.25) is 0 Å². The third-order valence-electron chi connectivity index (χ3n) is 3.30. The van der Waals surface area contributed by atoms with Crippen LogP contribution in [0.3, 0.4) is 0 Å². The second kappa shape index (κ2) is 8.62. The maximum atomic E-state index is 13.5. The number of nitrogens with one attached hydrogen (secondary N) is 2. The van der Waals surface area contributed by atoms with Gasteiger partial charge in [0.2, 0.25) is 0 Å². The molecular formula is C16H24FN3O. The second-order valence-corrected chi connectivity index (χ2v) is 5.23. The van der Waals surface area contributed by atoms with Gasteiger partial charge >= 0.3 is 0 Å². The minimum Gasteiger partial charge on any atom is -0.379 e. The molecule has 1 aliphatic rings. The predicted molar refractivity (Wildman–Crippen MR) is 82.8 cm³/mol. The lowest BCUT2D eigenvalue weighted by Crippen LogP contribution is -2.39. The zero-order valence-electron chi connectivity index (χ0n) is 12.6. The summed E-state index contributed by atoms with van der Waals surface area (Å²) in [7, 11) is 0. The van der Waals surface area contributed by atoms with Crippen LogP contribution < -0.4 is 10.6 Å². The molecule has 1 aromatic rings. The lowest BCUT2D eigenvalue weighted by molar-refractivity contribution is 0.129. The third kappa shape index (κ3) is 6.12. The molecule has 1 saturated carbocycles. The molecular weight excluding hydrogens is 269 g/mol. The van der Waals surface area contributed by atoms with E-state index in [-0.39, 0.29) is 5.82 Å². The smallest absolute Gasteiger partial charge is 0.191 e. The fourth-order valence-electron chi connectivity index (χ4n) is 1.91. The predicted octanol–water partition coefficient (Wildman–Crippen LogP) is 2.31. The summed E-state index contributed by atoms with van der Waals surface area (Å²) in [5.41, 5.74) is 0.597. The highest BCUT2D eigenvalue weighted by Crippen LogP contribution is 2.28. The van der Waals surface area contributed by atoms with Crippen LogP contribution in [0.5, 0.6) is 0 Å². The molecule has 0 heterocycles. The highest BCUT2D eigenvalue weighted by Gasteiger charge is 2.20. The van der Waals surface area contributed by atoms with Crippen molar-refractivity contribution in [3.05, 3.63) is 35.6 Å². The van der Waals surface area contributed by atoms with E-state index in [1.54, 1.807) is 12.1 Å². The van der Waals surface area contributed by atoms with E-state index in [0.717, 1.165) is 19.1 Å². The van der Waals surface area contributed by atoms with Crippen LogP contribution in [0, 0.1) is 11.7 Å². The van der Waals surface area contributed by atoms with Crippen molar-refractivity contribution in [3.8, 4) is 0 Å². The van der Waals surface area contributed by atoms with Crippen LogP contribution in [0.4, 0.5) is 4.39 Å². The topological polar surface area (TPSA) is 45.7 Å². The van der Waals surface area contributed by atoms with Crippen molar-refractivity contribution in [2.45, 2.75) is 26.3 Å². The standard InChI is InChI=1S/C16H24FN3O/c1-2-18-16(19-9-10-21-12-13-7-8-13)20-11-14-5-3-4-6-15(14)17/h3-6,13H,2,7-12H2,1H3,(H2,18,19,20).